The number of hydrogen-bond donors (Lipinski definition) is 2. The summed E-state index contributed by atoms with van der Waals surface area (Å²) in [6, 6.07) is 10.3. The molecule has 9 nitrogen and oxygen atoms in total. The molecule has 3 aliphatic rings. The Labute approximate surface area is 247 Å². The number of nitrogens with zero attached hydrogens (tertiary/aromatic N) is 5. The number of carbonyl (C=O) groups excluding carboxylic acids is 1. The summed E-state index contributed by atoms with van der Waals surface area (Å²) in [6.45, 7) is 3.89. The van der Waals surface area contributed by atoms with Crippen molar-refractivity contribution in [1.29, 1.82) is 0 Å². The van der Waals surface area contributed by atoms with Crippen LogP contribution in [-0.2, 0) is 7.05 Å². The van der Waals surface area contributed by atoms with Crippen LogP contribution in [0.4, 0.5) is 27.4 Å². The quantitative estimate of drug-likeness (QED) is 0.323. The number of rotatable bonds is 6. The predicted octanol–water partition coefficient (Wildman–Crippen LogP) is 5.16. The third-order valence-corrected chi connectivity index (χ3v) is 10.0. The van der Waals surface area contributed by atoms with E-state index in [0.29, 0.717) is 39.5 Å². The number of piperazine rings is 1. The van der Waals surface area contributed by atoms with Crippen LogP contribution >= 0.6 is 11.3 Å². The van der Waals surface area contributed by atoms with Gasteiger partial charge >= 0.3 is 0 Å². The number of anilines is 4. The van der Waals surface area contributed by atoms with Crippen LogP contribution in [0.2, 0.25) is 0 Å². The SMILES string of the molecule is CN1CCN(c2ccc(Nc3cc(-c4ccc(F)c(NC(=O)c5cc6c(s5)[C@H]5CC[C@@H]6C5)n4)cn(C)c3=O)nc2)CC1. The largest absolute Gasteiger partial charge is 0.368 e. The molecule has 2 N–H and O–H groups in total. The zero-order valence-electron chi connectivity index (χ0n) is 23.6. The summed E-state index contributed by atoms with van der Waals surface area (Å²) in [5.41, 5.74) is 3.43. The van der Waals surface area contributed by atoms with Gasteiger partial charge < -0.3 is 25.0 Å². The van der Waals surface area contributed by atoms with Gasteiger partial charge in [0.25, 0.3) is 11.5 Å². The van der Waals surface area contributed by atoms with E-state index in [1.165, 1.54) is 57.7 Å². The number of aryl methyl sites for hydroxylation is 1. The van der Waals surface area contributed by atoms with Gasteiger partial charge in [-0.1, -0.05) is 0 Å². The summed E-state index contributed by atoms with van der Waals surface area (Å²) in [7, 11) is 3.77. The number of hydrogen-bond acceptors (Lipinski definition) is 8. The van der Waals surface area contributed by atoms with E-state index in [1.807, 2.05) is 24.4 Å². The van der Waals surface area contributed by atoms with Gasteiger partial charge in [-0.25, -0.2) is 14.4 Å². The number of aromatic nitrogens is 3. The number of carbonyl (C=O) groups is 1. The van der Waals surface area contributed by atoms with E-state index in [-0.39, 0.29) is 17.3 Å². The molecule has 1 saturated carbocycles. The van der Waals surface area contributed by atoms with Crippen molar-refractivity contribution in [2.75, 3.05) is 48.8 Å². The highest BCUT2D eigenvalue weighted by molar-refractivity contribution is 7.14. The van der Waals surface area contributed by atoms with Gasteiger partial charge in [0.05, 0.1) is 22.5 Å². The number of thiophene rings is 1. The molecular weight excluding hydrogens is 553 g/mol. The lowest BCUT2D eigenvalue weighted by Crippen LogP contribution is -2.44. The van der Waals surface area contributed by atoms with Gasteiger partial charge in [0, 0.05) is 49.9 Å². The molecule has 0 radical (unpaired) electrons. The Bertz CT molecular complexity index is 1700. The zero-order chi connectivity index (χ0) is 29.0. The topological polar surface area (TPSA) is 95.4 Å². The molecule has 1 amide bonds. The van der Waals surface area contributed by atoms with Crippen molar-refractivity contribution in [2.45, 2.75) is 31.1 Å². The lowest BCUT2D eigenvalue weighted by atomic mass is 9.99. The number of halogens is 1. The third kappa shape index (κ3) is 4.96. The highest BCUT2D eigenvalue weighted by Crippen LogP contribution is 2.55. The van der Waals surface area contributed by atoms with Crippen molar-refractivity contribution in [1.82, 2.24) is 19.4 Å². The monoisotopic (exact) mass is 585 g/mol. The Morgan fingerprint density at radius 1 is 1.05 bits per heavy atom. The van der Waals surface area contributed by atoms with Crippen LogP contribution in [-0.4, -0.2) is 58.6 Å². The number of fused-ring (bicyclic) bond motifs is 5. The van der Waals surface area contributed by atoms with Crippen LogP contribution in [0.1, 0.15) is 51.2 Å². The Balaban J connectivity index is 1.10. The van der Waals surface area contributed by atoms with Crippen molar-refractivity contribution >= 4 is 40.3 Å². The zero-order valence-corrected chi connectivity index (χ0v) is 24.4. The molecular formula is C31H32FN7O2S. The Kier molecular flexibility index (Phi) is 6.78. The fraction of sp³-hybridized carbons (Fsp3) is 0.355. The van der Waals surface area contributed by atoms with Crippen molar-refractivity contribution in [2.24, 2.45) is 7.05 Å². The first-order chi connectivity index (χ1) is 20.3. The molecule has 0 unspecified atom stereocenters. The molecule has 0 spiro atoms. The van der Waals surface area contributed by atoms with E-state index in [0.717, 1.165) is 31.9 Å². The van der Waals surface area contributed by atoms with E-state index in [2.05, 4.69) is 37.4 Å². The summed E-state index contributed by atoms with van der Waals surface area (Å²) in [5, 5.41) is 5.80. The lowest BCUT2D eigenvalue weighted by molar-refractivity contribution is 0.102. The minimum atomic E-state index is -0.621. The minimum absolute atomic E-state index is 0.140. The van der Waals surface area contributed by atoms with Crippen LogP contribution in [0, 0.1) is 5.82 Å². The van der Waals surface area contributed by atoms with Crippen LogP contribution in [0.15, 0.2) is 53.6 Å². The molecule has 1 saturated heterocycles. The van der Waals surface area contributed by atoms with E-state index in [9.17, 15) is 14.0 Å². The molecule has 2 fully saturated rings. The van der Waals surface area contributed by atoms with Gasteiger partial charge in [-0.3, -0.25) is 9.59 Å². The minimum Gasteiger partial charge on any atom is -0.368 e. The van der Waals surface area contributed by atoms with Crippen molar-refractivity contribution in [3.8, 4) is 11.3 Å². The Hall–Kier alpha value is -4.09. The standard InChI is InChI=1S/C31H32FN7O2S/c1-37-9-11-39(12-10-37)21-5-8-27(33-16-21)34-25-14-20(17-38(2)31(25)41)24-7-6-23(32)29(35-24)36-30(40)26-15-22-18-3-4-19(13-18)28(22)42-26/h5-8,14-19H,3-4,9-13H2,1-2H3,(H,33,34)(H,35,36,40)/t18-,19+/m1/s1. The predicted molar refractivity (Wildman–Crippen MR) is 164 cm³/mol. The van der Waals surface area contributed by atoms with Crippen molar-refractivity contribution in [3.63, 3.8) is 0 Å². The maximum absolute atomic E-state index is 14.8. The highest BCUT2D eigenvalue weighted by atomic mass is 32.1. The second-order valence-electron chi connectivity index (χ2n) is 11.5. The molecule has 216 valence electrons. The molecule has 1 aliphatic heterocycles. The summed E-state index contributed by atoms with van der Waals surface area (Å²) >= 11 is 1.52. The average molecular weight is 586 g/mol. The molecule has 2 atom stereocenters. The number of likely N-dealkylation sites (N-methyl/N-ethyl adjacent to an activating group) is 1. The molecule has 5 heterocycles. The summed E-state index contributed by atoms with van der Waals surface area (Å²) in [6.07, 6.45) is 7.01. The maximum atomic E-state index is 14.8. The van der Waals surface area contributed by atoms with Gasteiger partial charge in [0.15, 0.2) is 11.6 Å². The number of amides is 1. The van der Waals surface area contributed by atoms with Crippen LogP contribution in [0.3, 0.4) is 0 Å². The molecule has 7 rings (SSSR count). The van der Waals surface area contributed by atoms with E-state index in [4.69, 9.17) is 0 Å². The van der Waals surface area contributed by atoms with Crippen molar-refractivity contribution < 1.29 is 9.18 Å². The summed E-state index contributed by atoms with van der Waals surface area (Å²) in [4.78, 5) is 41.5. The number of pyridine rings is 3. The lowest BCUT2D eigenvalue weighted by Gasteiger charge is -2.33. The third-order valence-electron chi connectivity index (χ3n) is 8.69. The first kappa shape index (κ1) is 26.8. The Morgan fingerprint density at radius 2 is 1.86 bits per heavy atom. The smallest absolute Gasteiger partial charge is 0.274 e. The first-order valence-electron chi connectivity index (χ1n) is 14.3. The van der Waals surface area contributed by atoms with Crippen molar-refractivity contribution in [3.05, 3.63) is 80.3 Å². The molecule has 2 aliphatic carbocycles. The van der Waals surface area contributed by atoms with Gasteiger partial charge in [-0.2, -0.15) is 0 Å². The molecule has 42 heavy (non-hydrogen) atoms. The van der Waals surface area contributed by atoms with E-state index >= 15 is 0 Å². The van der Waals surface area contributed by atoms with Gasteiger partial charge in [0.1, 0.15) is 11.5 Å². The molecule has 4 aromatic rings. The fourth-order valence-electron chi connectivity index (χ4n) is 6.32. The molecule has 2 bridgehead atoms. The van der Waals surface area contributed by atoms with Gasteiger partial charge in [-0.05, 0) is 80.1 Å². The number of nitrogens with one attached hydrogen (secondary N) is 2. The van der Waals surface area contributed by atoms with Gasteiger partial charge in [0.2, 0.25) is 0 Å². The molecule has 11 heteroatoms. The van der Waals surface area contributed by atoms with Crippen LogP contribution in [0.5, 0.6) is 0 Å². The Morgan fingerprint density at radius 3 is 2.62 bits per heavy atom. The summed E-state index contributed by atoms with van der Waals surface area (Å²) < 4.78 is 16.2. The van der Waals surface area contributed by atoms with Crippen LogP contribution < -0.4 is 21.1 Å². The van der Waals surface area contributed by atoms with E-state index < -0.39 is 5.82 Å². The average Bonchev–Trinajstić information content (AvgIpc) is 3.72. The molecule has 4 aromatic heterocycles. The second kappa shape index (κ2) is 10.6. The normalized spacial score (nSPS) is 19.6. The molecule has 0 aromatic carbocycles. The van der Waals surface area contributed by atoms with Crippen LogP contribution in [0.25, 0.3) is 11.3 Å². The van der Waals surface area contributed by atoms with Gasteiger partial charge in [-0.15, -0.1) is 11.3 Å². The fourth-order valence-corrected chi connectivity index (χ4v) is 7.61. The second-order valence-corrected chi connectivity index (χ2v) is 12.6. The maximum Gasteiger partial charge on any atom is 0.274 e. The summed E-state index contributed by atoms with van der Waals surface area (Å²) in [5.74, 6) is 0.540. The van der Waals surface area contributed by atoms with E-state index in [1.54, 1.807) is 19.3 Å². The first-order valence-corrected chi connectivity index (χ1v) is 15.1. The highest BCUT2D eigenvalue weighted by Gasteiger charge is 2.39.